The van der Waals surface area contributed by atoms with Crippen molar-refractivity contribution in [3.8, 4) is 10.6 Å². The first kappa shape index (κ1) is 22.1. The summed E-state index contributed by atoms with van der Waals surface area (Å²) in [5.74, 6) is 0.364. The fraction of sp³-hybridized carbons (Fsp3) is 0.542. The molecule has 0 unspecified atom stereocenters. The summed E-state index contributed by atoms with van der Waals surface area (Å²) < 4.78 is 1.16. The van der Waals surface area contributed by atoms with Crippen LogP contribution in [0.2, 0.25) is 0 Å². The van der Waals surface area contributed by atoms with Crippen molar-refractivity contribution in [1.82, 2.24) is 25.5 Å². The number of nitrogens with one attached hydrogen (secondary N) is 2. The number of hydrogen-bond donors (Lipinski definition) is 2. The Labute approximate surface area is 200 Å². The van der Waals surface area contributed by atoms with Gasteiger partial charge in [-0.3, -0.25) is 9.78 Å². The first-order valence-electron chi connectivity index (χ1n) is 11.8. The molecule has 0 aromatic carbocycles. The molecule has 0 aliphatic carbocycles. The molecule has 1 fully saturated rings. The van der Waals surface area contributed by atoms with Crippen molar-refractivity contribution in [3.63, 3.8) is 0 Å². The van der Waals surface area contributed by atoms with Gasteiger partial charge in [0, 0.05) is 69.9 Å². The van der Waals surface area contributed by atoms with Gasteiger partial charge in [0.1, 0.15) is 16.3 Å². The smallest absolute Gasteiger partial charge is 0.138 e. The quantitative estimate of drug-likeness (QED) is 0.455. The fourth-order valence-corrected chi connectivity index (χ4v) is 7.14. The second kappa shape index (κ2) is 10.5. The standard InChI is InChI=1S/C24H31N5OS2.2H2/c30-17(4-2-1-3-11-29-12-9-25-10-13-29)14-21-23(18-5-7-27-16-22(18)31-21)24-28-19-15-26-8-6-20(19)32-24;;/h6,8,15,25,27H,1-5,7,9-14,16H2;2*1H. The Bertz CT molecular complexity index is 1050. The highest BCUT2D eigenvalue weighted by atomic mass is 32.1. The Morgan fingerprint density at radius 3 is 2.91 bits per heavy atom. The summed E-state index contributed by atoms with van der Waals surface area (Å²) in [5.41, 5.74) is 3.59. The Balaban J connectivity index is 0.00000162. The molecule has 32 heavy (non-hydrogen) atoms. The van der Waals surface area contributed by atoms with E-state index in [1.165, 1.54) is 27.3 Å². The van der Waals surface area contributed by atoms with E-state index in [0.29, 0.717) is 18.6 Å². The molecule has 0 bridgehead atoms. The fourth-order valence-electron chi connectivity index (χ4n) is 4.69. The number of piperazine rings is 1. The number of ketones is 1. The van der Waals surface area contributed by atoms with Crippen LogP contribution in [0, 0.1) is 0 Å². The summed E-state index contributed by atoms with van der Waals surface area (Å²) in [5, 5.41) is 7.93. The summed E-state index contributed by atoms with van der Waals surface area (Å²) in [6.07, 6.45) is 9.22. The van der Waals surface area contributed by atoms with E-state index in [0.717, 1.165) is 80.3 Å². The van der Waals surface area contributed by atoms with Crippen LogP contribution in [0.3, 0.4) is 0 Å². The van der Waals surface area contributed by atoms with E-state index in [1.54, 1.807) is 11.3 Å². The molecule has 0 saturated carbocycles. The average molecular weight is 474 g/mol. The number of hydrogen-bond acceptors (Lipinski definition) is 8. The number of unbranched alkanes of at least 4 members (excludes halogenated alkanes) is 2. The van der Waals surface area contributed by atoms with E-state index < -0.39 is 0 Å². The molecular formula is C24H35N5OS2. The summed E-state index contributed by atoms with van der Waals surface area (Å²) in [4.78, 5) is 27.1. The molecule has 1 saturated heterocycles. The molecule has 0 atom stereocenters. The van der Waals surface area contributed by atoms with Crippen LogP contribution in [-0.4, -0.2) is 59.9 Å². The molecule has 5 heterocycles. The maximum absolute atomic E-state index is 12.9. The molecule has 174 valence electrons. The third-order valence-corrected chi connectivity index (χ3v) is 8.69. The normalized spacial score (nSPS) is 17.0. The molecule has 3 aromatic rings. The van der Waals surface area contributed by atoms with Crippen LogP contribution >= 0.6 is 22.7 Å². The lowest BCUT2D eigenvalue weighted by Gasteiger charge is -2.26. The molecule has 0 radical (unpaired) electrons. The van der Waals surface area contributed by atoms with Gasteiger partial charge in [-0.15, -0.1) is 22.7 Å². The number of thiazole rings is 1. The maximum atomic E-state index is 12.9. The summed E-state index contributed by atoms with van der Waals surface area (Å²) in [6, 6.07) is 2.03. The van der Waals surface area contributed by atoms with Crippen LogP contribution in [0.1, 0.15) is 43.9 Å². The zero-order chi connectivity index (χ0) is 21.8. The first-order chi connectivity index (χ1) is 15.8. The molecule has 2 N–H and O–H groups in total. The third kappa shape index (κ3) is 5.10. The molecule has 6 nitrogen and oxygen atoms in total. The number of pyridine rings is 1. The lowest BCUT2D eigenvalue weighted by Crippen LogP contribution is -2.43. The largest absolute Gasteiger partial charge is 0.314 e. The lowest BCUT2D eigenvalue weighted by molar-refractivity contribution is -0.118. The molecule has 0 amide bonds. The van der Waals surface area contributed by atoms with Crippen LogP contribution in [0.25, 0.3) is 20.8 Å². The highest BCUT2D eigenvalue weighted by Crippen LogP contribution is 2.41. The topological polar surface area (TPSA) is 70.2 Å². The predicted molar refractivity (Wildman–Crippen MR) is 137 cm³/mol. The number of fused-ring (bicyclic) bond motifs is 2. The van der Waals surface area contributed by atoms with E-state index in [-0.39, 0.29) is 2.85 Å². The SMILES string of the molecule is O=C(CCCCCN1CCNCC1)Cc1sc2c(c1-c1nc3cnccc3s1)CCNC2.[HH].[HH]. The van der Waals surface area contributed by atoms with Crippen molar-refractivity contribution in [1.29, 1.82) is 0 Å². The Hall–Kier alpha value is -1.71. The van der Waals surface area contributed by atoms with Gasteiger partial charge in [-0.25, -0.2) is 4.98 Å². The second-order valence-corrected chi connectivity index (χ2v) is 10.9. The molecular weight excluding hydrogens is 438 g/mol. The minimum Gasteiger partial charge on any atom is -0.314 e. The Kier molecular flexibility index (Phi) is 7.24. The number of rotatable bonds is 9. The lowest BCUT2D eigenvalue weighted by atomic mass is 10.00. The zero-order valence-electron chi connectivity index (χ0n) is 18.5. The number of carbonyl (C=O) groups is 1. The minimum absolute atomic E-state index is 0. The molecule has 8 heteroatoms. The Morgan fingerprint density at radius 2 is 2.03 bits per heavy atom. The van der Waals surface area contributed by atoms with Gasteiger partial charge < -0.3 is 15.5 Å². The molecule has 3 aromatic heterocycles. The third-order valence-electron chi connectivity index (χ3n) is 6.40. The summed E-state index contributed by atoms with van der Waals surface area (Å²) in [6.45, 7) is 7.57. The summed E-state index contributed by atoms with van der Waals surface area (Å²) >= 11 is 3.53. The van der Waals surface area contributed by atoms with Crippen LogP contribution in [0.5, 0.6) is 0 Å². The van der Waals surface area contributed by atoms with Crippen molar-refractivity contribution in [2.75, 3.05) is 39.3 Å². The second-order valence-electron chi connectivity index (χ2n) is 8.71. The van der Waals surface area contributed by atoms with Gasteiger partial charge in [0.05, 0.1) is 10.9 Å². The van der Waals surface area contributed by atoms with Gasteiger partial charge in [0.15, 0.2) is 0 Å². The Morgan fingerprint density at radius 1 is 1.12 bits per heavy atom. The zero-order valence-corrected chi connectivity index (χ0v) is 20.1. The van der Waals surface area contributed by atoms with E-state index in [1.807, 2.05) is 29.8 Å². The number of Topliss-reactive ketones (excluding diaryl/α,β-unsaturated/α-hetero) is 1. The van der Waals surface area contributed by atoms with Crippen LogP contribution in [0.15, 0.2) is 18.5 Å². The molecule has 0 spiro atoms. The van der Waals surface area contributed by atoms with Crippen LogP contribution < -0.4 is 10.6 Å². The van der Waals surface area contributed by atoms with Gasteiger partial charge in [-0.05, 0) is 44.0 Å². The van der Waals surface area contributed by atoms with Crippen molar-refractivity contribution in [2.24, 2.45) is 0 Å². The first-order valence-corrected chi connectivity index (χ1v) is 13.4. The highest BCUT2D eigenvalue weighted by molar-refractivity contribution is 7.22. The predicted octanol–water partition coefficient (Wildman–Crippen LogP) is 4.13. The maximum Gasteiger partial charge on any atom is 0.138 e. The summed E-state index contributed by atoms with van der Waals surface area (Å²) in [7, 11) is 0. The van der Waals surface area contributed by atoms with Crippen molar-refractivity contribution in [2.45, 2.75) is 45.1 Å². The van der Waals surface area contributed by atoms with Gasteiger partial charge >= 0.3 is 0 Å². The van der Waals surface area contributed by atoms with Crippen LogP contribution in [0.4, 0.5) is 0 Å². The monoisotopic (exact) mass is 473 g/mol. The number of nitrogens with zero attached hydrogens (tertiary/aromatic N) is 3. The average Bonchev–Trinajstić information content (AvgIpc) is 3.40. The molecule has 5 rings (SSSR count). The number of thiophene rings is 1. The van der Waals surface area contributed by atoms with Gasteiger partial charge in [0.25, 0.3) is 0 Å². The highest BCUT2D eigenvalue weighted by Gasteiger charge is 2.25. The van der Waals surface area contributed by atoms with Gasteiger partial charge in [-0.1, -0.05) is 6.42 Å². The van der Waals surface area contributed by atoms with Crippen molar-refractivity contribution >= 4 is 38.7 Å². The molecule has 2 aliphatic rings. The minimum atomic E-state index is 0. The molecule has 2 aliphatic heterocycles. The van der Waals surface area contributed by atoms with Gasteiger partial charge in [-0.2, -0.15) is 0 Å². The van der Waals surface area contributed by atoms with E-state index in [9.17, 15) is 4.79 Å². The van der Waals surface area contributed by atoms with Crippen molar-refractivity contribution in [3.05, 3.63) is 33.8 Å². The number of carbonyl (C=O) groups excluding carboxylic acids is 1. The van der Waals surface area contributed by atoms with Crippen molar-refractivity contribution < 1.29 is 7.65 Å². The van der Waals surface area contributed by atoms with E-state index in [4.69, 9.17) is 4.98 Å². The van der Waals surface area contributed by atoms with Crippen LogP contribution in [-0.2, 0) is 24.2 Å². The van der Waals surface area contributed by atoms with Gasteiger partial charge in [0.2, 0.25) is 0 Å². The van der Waals surface area contributed by atoms with E-state index >= 15 is 0 Å². The van der Waals surface area contributed by atoms with E-state index in [2.05, 4.69) is 20.5 Å². The number of aromatic nitrogens is 2.